The van der Waals surface area contributed by atoms with Gasteiger partial charge in [-0.3, -0.25) is 0 Å². The molecule has 0 aromatic heterocycles. The Balaban J connectivity index is 1.92. The minimum atomic E-state index is -0.424. The van der Waals surface area contributed by atoms with Crippen LogP contribution in [0.3, 0.4) is 0 Å². The maximum Gasteiger partial charge on any atom is 0.126 e. The molecule has 1 fully saturated rings. The molecule has 0 heterocycles. The monoisotopic (exact) mass is 342 g/mol. The Morgan fingerprint density at radius 3 is 2.40 bits per heavy atom. The van der Waals surface area contributed by atoms with E-state index in [0.29, 0.717) is 17.9 Å². The lowest BCUT2D eigenvalue weighted by atomic mass is 9.74. The molecular weight excluding hydrogens is 319 g/mol. The molecule has 1 saturated carbocycles. The first-order valence-electron chi connectivity index (χ1n) is 7.59. The number of hydrogen-bond donors (Lipinski definition) is 1. The molecular formula is C17H24BrFO. The van der Waals surface area contributed by atoms with Gasteiger partial charge >= 0.3 is 0 Å². The van der Waals surface area contributed by atoms with Crippen LogP contribution < -0.4 is 0 Å². The predicted octanol–water partition coefficient (Wildman–Crippen LogP) is 4.95. The maximum absolute atomic E-state index is 13.7. The minimum absolute atomic E-state index is 0.219. The molecule has 1 aromatic rings. The van der Waals surface area contributed by atoms with Crippen molar-refractivity contribution in [3.05, 3.63) is 34.1 Å². The molecule has 112 valence electrons. The van der Waals surface area contributed by atoms with E-state index in [1.54, 1.807) is 12.1 Å². The van der Waals surface area contributed by atoms with Crippen molar-refractivity contribution in [2.24, 2.45) is 17.8 Å². The van der Waals surface area contributed by atoms with E-state index in [9.17, 15) is 9.50 Å². The quantitative estimate of drug-likeness (QED) is 0.820. The molecule has 0 amide bonds. The number of aliphatic hydroxyl groups excluding tert-OH is 1. The molecule has 1 N–H and O–H groups in total. The van der Waals surface area contributed by atoms with Gasteiger partial charge in [0.2, 0.25) is 0 Å². The van der Waals surface area contributed by atoms with Crippen LogP contribution in [-0.2, 0) is 6.42 Å². The molecule has 1 unspecified atom stereocenters. The first kappa shape index (κ1) is 16.0. The highest BCUT2D eigenvalue weighted by molar-refractivity contribution is 9.10. The second-order valence-corrected chi connectivity index (χ2v) is 7.34. The van der Waals surface area contributed by atoms with Crippen molar-refractivity contribution in [1.82, 2.24) is 0 Å². The SMILES string of the molecule is CC(C)C1CCC(C(O)Cc2cc(Br)ccc2F)CC1. The van der Waals surface area contributed by atoms with E-state index >= 15 is 0 Å². The van der Waals surface area contributed by atoms with Crippen LogP contribution in [0.15, 0.2) is 22.7 Å². The second-order valence-electron chi connectivity index (χ2n) is 6.43. The van der Waals surface area contributed by atoms with E-state index in [0.717, 1.165) is 29.2 Å². The van der Waals surface area contributed by atoms with Crippen LogP contribution in [-0.4, -0.2) is 11.2 Å². The Bertz CT molecular complexity index is 439. The van der Waals surface area contributed by atoms with Crippen LogP contribution in [0.25, 0.3) is 0 Å². The Kier molecular flexibility index (Phi) is 5.62. The molecule has 20 heavy (non-hydrogen) atoms. The largest absolute Gasteiger partial charge is 0.392 e. The van der Waals surface area contributed by atoms with Crippen molar-refractivity contribution < 1.29 is 9.50 Å². The zero-order valence-corrected chi connectivity index (χ0v) is 13.9. The summed E-state index contributed by atoms with van der Waals surface area (Å²) in [6, 6.07) is 4.93. The van der Waals surface area contributed by atoms with Gasteiger partial charge in [-0.05, 0) is 67.2 Å². The molecule has 1 aromatic carbocycles. The zero-order chi connectivity index (χ0) is 14.7. The molecule has 1 atom stereocenters. The van der Waals surface area contributed by atoms with Gasteiger partial charge in [-0.2, -0.15) is 0 Å². The van der Waals surface area contributed by atoms with Crippen molar-refractivity contribution in [2.45, 2.75) is 52.1 Å². The predicted molar refractivity (Wildman–Crippen MR) is 84.1 cm³/mol. The van der Waals surface area contributed by atoms with Crippen molar-refractivity contribution in [1.29, 1.82) is 0 Å². The van der Waals surface area contributed by atoms with Crippen LogP contribution in [0, 0.1) is 23.6 Å². The highest BCUT2D eigenvalue weighted by atomic mass is 79.9. The number of benzene rings is 1. The Labute approximate surface area is 129 Å². The highest BCUT2D eigenvalue weighted by Gasteiger charge is 2.28. The fourth-order valence-electron chi connectivity index (χ4n) is 3.29. The van der Waals surface area contributed by atoms with Crippen LogP contribution in [0.4, 0.5) is 4.39 Å². The molecule has 1 aliphatic rings. The van der Waals surface area contributed by atoms with E-state index in [1.165, 1.54) is 18.9 Å². The molecule has 1 nitrogen and oxygen atoms in total. The summed E-state index contributed by atoms with van der Waals surface area (Å²) < 4.78 is 14.6. The van der Waals surface area contributed by atoms with Gasteiger partial charge in [0.25, 0.3) is 0 Å². The van der Waals surface area contributed by atoms with E-state index < -0.39 is 6.10 Å². The van der Waals surface area contributed by atoms with E-state index in [2.05, 4.69) is 29.8 Å². The van der Waals surface area contributed by atoms with Crippen molar-refractivity contribution in [3.8, 4) is 0 Å². The van der Waals surface area contributed by atoms with Gasteiger partial charge in [-0.25, -0.2) is 4.39 Å². The Morgan fingerprint density at radius 2 is 1.80 bits per heavy atom. The Morgan fingerprint density at radius 1 is 1.20 bits per heavy atom. The lowest BCUT2D eigenvalue weighted by Gasteiger charge is -2.33. The summed E-state index contributed by atoms with van der Waals surface area (Å²) in [7, 11) is 0. The van der Waals surface area contributed by atoms with Gasteiger partial charge in [0.15, 0.2) is 0 Å². The molecule has 0 bridgehead atoms. The van der Waals surface area contributed by atoms with Crippen molar-refractivity contribution >= 4 is 15.9 Å². The fourth-order valence-corrected chi connectivity index (χ4v) is 3.70. The second kappa shape index (κ2) is 7.04. The van der Waals surface area contributed by atoms with Crippen LogP contribution in [0.5, 0.6) is 0 Å². The number of hydrogen-bond acceptors (Lipinski definition) is 1. The van der Waals surface area contributed by atoms with E-state index in [1.807, 2.05) is 0 Å². The summed E-state index contributed by atoms with van der Waals surface area (Å²) in [5, 5.41) is 10.4. The summed E-state index contributed by atoms with van der Waals surface area (Å²) in [6.45, 7) is 4.55. The molecule has 0 radical (unpaired) electrons. The van der Waals surface area contributed by atoms with Gasteiger partial charge in [-0.1, -0.05) is 29.8 Å². The van der Waals surface area contributed by atoms with E-state index in [-0.39, 0.29) is 5.82 Å². The molecule has 2 rings (SSSR count). The first-order chi connectivity index (χ1) is 9.47. The van der Waals surface area contributed by atoms with Gasteiger partial charge in [0.1, 0.15) is 5.82 Å². The lowest BCUT2D eigenvalue weighted by Crippen LogP contribution is -2.29. The topological polar surface area (TPSA) is 20.2 Å². The first-order valence-corrected chi connectivity index (χ1v) is 8.38. The smallest absolute Gasteiger partial charge is 0.126 e. The lowest BCUT2D eigenvalue weighted by molar-refractivity contribution is 0.0669. The molecule has 1 aliphatic carbocycles. The third-order valence-corrected chi connectivity index (χ3v) is 5.23. The number of halogens is 2. The summed E-state index contributed by atoms with van der Waals surface area (Å²) >= 11 is 3.36. The van der Waals surface area contributed by atoms with Gasteiger partial charge in [-0.15, -0.1) is 0 Å². The van der Waals surface area contributed by atoms with Crippen molar-refractivity contribution in [2.75, 3.05) is 0 Å². The van der Waals surface area contributed by atoms with Crippen LogP contribution >= 0.6 is 15.9 Å². The van der Waals surface area contributed by atoms with Crippen molar-refractivity contribution in [3.63, 3.8) is 0 Å². The summed E-state index contributed by atoms with van der Waals surface area (Å²) in [5.41, 5.74) is 0.609. The molecule has 0 saturated heterocycles. The third kappa shape index (κ3) is 4.05. The van der Waals surface area contributed by atoms with Gasteiger partial charge < -0.3 is 5.11 Å². The van der Waals surface area contributed by atoms with Crippen LogP contribution in [0.2, 0.25) is 0 Å². The normalized spacial score (nSPS) is 24.9. The molecule has 3 heteroatoms. The molecule has 0 aliphatic heterocycles. The third-order valence-electron chi connectivity index (χ3n) is 4.74. The standard InChI is InChI=1S/C17H24BrFO/c1-11(2)12-3-5-13(6-4-12)17(20)10-14-9-15(18)7-8-16(14)19/h7-9,11-13,17,20H,3-6,10H2,1-2H3. The van der Waals surface area contributed by atoms with Gasteiger partial charge in [0, 0.05) is 10.9 Å². The Hall–Kier alpha value is -0.410. The minimum Gasteiger partial charge on any atom is -0.392 e. The molecule has 0 spiro atoms. The van der Waals surface area contributed by atoms with Gasteiger partial charge in [0.05, 0.1) is 6.10 Å². The number of aliphatic hydroxyl groups is 1. The number of rotatable bonds is 4. The highest BCUT2D eigenvalue weighted by Crippen LogP contribution is 2.35. The van der Waals surface area contributed by atoms with Crippen LogP contribution in [0.1, 0.15) is 45.1 Å². The zero-order valence-electron chi connectivity index (χ0n) is 12.3. The summed E-state index contributed by atoms with van der Waals surface area (Å²) in [6.07, 6.45) is 4.52. The maximum atomic E-state index is 13.7. The summed E-state index contributed by atoms with van der Waals surface area (Å²) in [5.74, 6) is 1.63. The average molecular weight is 343 g/mol. The fraction of sp³-hybridized carbons (Fsp3) is 0.647. The average Bonchev–Trinajstić information content (AvgIpc) is 2.43. The summed E-state index contributed by atoms with van der Waals surface area (Å²) in [4.78, 5) is 0. The van der Waals surface area contributed by atoms with E-state index in [4.69, 9.17) is 0 Å².